The van der Waals surface area contributed by atoms with Crippen molar-refractivity contribution < 1.29 is 18.3 Å². The fraction of sp³-hybridized carbons (Fsp3) is 0.700. The van der Waals surface area contributed by atoms with Crippen LogP contribution in [-0.2, 0) is 27.6 Å². The minimum atomic E-state index is -3.44. The lowest BCUT2D eigenvalue weighted by Gasteiger charge is -2.36. The van der Waals surface area contributed by atoms with Crippen LogP contribution in [0.2, 0.25) is 0 Å². The highest BCUT2D eigenvalue weighted by molar-refractivity contribution is 7.89. The lowest BCUT2D eigenvalue weighted by Crippen LogP contribution is -2.52. The summed E-state index contributed by atoms with van der Waals surface area (Å²) in [6, 6.07) is 5.61. The largest absolute Gasteiger partial charge is 0.390 e. The van der Waals surface area contributed by atoms with Crippen LogP contribution in [0.3, 0.4) is 0 Å². The SMILES string of the molecule is O=S(=O)(c1ccc2c(c1)CCC2)N1CCN(CC(O)CN2CCOCC2)CC1. The summed E-state index contributed by atoms with van der Waals surface area (Å²) >= 11 is 0. The second-order valence-electron chi connectivity index (χ2n) is 8.06. The molecular formula is C20H31N3O4S. The molecule has 0 spiro atoms. The van der Waals surface area contributed by atoms with Crippen molar-refractivity contribution in [2.24, 2.45) is 0 Å². The predicted octanol–water partition coefficient (Wildman–Crippen LogP) is 0.175. The summed E-state index contributed by atoms with van der Waals surface area (Å²) in [5.41, 5.74) is 2.48. The quantitative estimate of drug-likeness (QED) is 0.722. The molecule has 28 heavy (non-hydrogen) atoms. The predicted molar refractivity (Wildman–Crippen MR) is 107 cm³/mol. The van der Waals surface area contributed by atoms with Gasteiger partial charge in [-0.1, -0.05) is 6.07 Å². The highest BCUT2D eigenvalue weighted by atomic mass is 32.2. The smallest absolute Gasteiger partial charge is 0.243 e. The summed E-state index contributed by atoms with van der Waals surface area (Å²) in [6.45, 7) is 6.69. The maximum absolute atomic E-state index is 13.0. The molecule has 7 nitrogen and oxygen atoms in total. The van der Waals surface area contributed by atoms with Crippen molar-refractivity contribution in [1.82, 2.24) is 14.1 Å². The number of morpholine rings is 1. The van der Waals surface area contributed by atoms with Gasteiger partial charge in [-0.25, -0.2) is 8.42 Å². The third kappa shape index (κ3) is 4.58. The van der Waals surface area contributed by atoms with Crippen molar-refractivity contribution >= 4 is 10.0 Å². The molecule has 1 aromatic rings. The topological polar surface area (TPSA) is 73.3 Å². The standard InChI is InChI=1S/C20H31N3O4S/c24-19(16-22-10-12-27-13-11-22)15-21-6-8-23(9-7-21)28(25,26)20-5-4-17-2-1-3-18(17)14-20/h4-5,14,19,24H,1-3,6-13,15-16H2. The van der Waals surface area contributed by atoms with E-state index in [0.717, 1.165) is 45.6 Å². The van der Waals surface area contributed by atoms with Crippen LogP contribution in [0.25, 0.3) is 0 Å². The Labute approximate surface area is 167 Å². The number of rotatable bonds is 6. The first-order valence-corrected chi connectivity index (χ1v) is 11.8. The Morgan fingerprint density at radius 1 is 0.929 bits per heavy atom. The van der Waals surface area contributed by atoms with Crippen LogP contribution in [0, 0.1) is 0 Å². The summed E-state index contributed by atoms with van der Waals surface area (Å²) in [7, 11) is -3.44. The summed E-state index contributed by atoms with van der Waals surface area (Å²) < 4.78 is 33.0. The molecule has 0 radical (unpaired) electrons. The molecule has 1 aliphatic carbocycles. The van der Waals surface area contributed by atoms with E-state index in [-0.39, 0.29) is 0 Å². The van der Waals surface area contributed by atoms with Gasteiger partial charge in [0.25, 0.3) is 0 Å². The van der Waals surface area contributed by atoms with E-state index in [1.165, 1.54) is 11.1 Å². The molecule has 0 saturated carbocycles. The molecule has 1 atom stereocenters. The van der Waals surface area contributed by atoms with Crippen molar-refractivity contribution in [1.29, 1.82) is 0 Å². The molecule has 2 fully saturated rings. The van der Waals surface area contributed by atoms with Gasteiger partial charge in [-0.05, 0) is 42.5 Å². The zero-order valence-corrected chi connectivity index (χ0v) is 17.2. The monoisotopic (exact) mass is 409 g/mol. The Bertz CT molecular complexity index is 772. The number of benzene rings is 1. The second-order valence-corrected chi connectivity index (χ2v) is 9.99. The van der Waals surface area contributed by atoms with Crippen molar-refractivity contribution in [2.75, 3.05) is 65.6 Å². The number of hydrogen-bond donors (Lipinski definition) is 1. The normalized spacial score (nSPS) is 23.6. The first kappa shape index (κ1) is 20.3. The third-order valence-corrected chi connectivity index (χ3v) is 7.98. The van der Waals surface area contributed by atoms with E-state index in [1.807, 2.05) is 12.1 Å². The molecule has 156 valence electrons. The molecule has 1 N–H and O–H groups in total. The van der Waals surface area contributed by atoms with Crippen LogP contribution in [0.1, 0.15) is 17.5 Å². The van der Waals surface area contributed by atoms with E-state index in [0.29, 0.717) is 44.2 Å². The van der Waals surface area contributed by atoms with Crippen LogP contribution < -0.4 is 0 Å². The fourth-order valence-corrected chi connectivity index (χ4v) is 5.92. The van der Waals surface area contributed by atoms with E-state index in [4.69, 9.17) is 4.74 Å². The number of piperazine rings is 1. The van der Waals surface area contributed by atoms with Crippen molar-refractivity contribution in [2.45, 2.75) is 30.3 Å². The summed E-state index contributed by atoms with van der Waals surface area (Å²) in [4.78, 5) is 4.82. The van der Waals surface area contributed by atoms with Gasteiger partial charge in [-0.2, -0.15) is 4.31 Å². The molecule has 0 amide bonds. The van der Waals surface area contributed by atoms with Gasteiger partial charge in [0.2, 0.25) is 10.0 Å². The van der Waals surface area contributed by atoms with Gasteiger partial charge in [0, 0.05) is 52.4 Å². The molecule has 1 aromatic carbocycles. The third-order valence-electron chi connectivity index (χ3n) is 6.08. The molecule has 2 heterocycles. The number of aliphatic hydroxyl groups is 1. The molecule has 0 aromatic heterocycles. The molecule has 1 unspecified atom stereocenters. The number of sulfonamides is 1. The van der Waals surface area contributed by atoms with Gasteiger partial charge in [0.05, 0.1) is 24.2 Å². The Morgan fingerprint density at radius 3 is 2.29 bits per heavy atom. The molecule has 2 aliphatic heterocycles. The zero-order valence-electron chi connectivity index (χ0n) is 16.4. The lowest BCUT2D eigenvalue weighted by atomic mass is 10.1. The van der Waals surface area contributed by atoms with E-state index < -0.39 is 16.1 Å². The first-order chi connectivity index (χ1) is 13.5. The van der Waals surface area contributed by atoms with Gasteiger partial charge in [0.15, 0.2) is 0 Å². The van der Waals surface area contributed by atoms with Crippen LogP contribution in [0.4, 0.5) is 0 Å². The highest BCUT2D eigenvalue weighted by Crippen LogP contribution is 2.26. The molecule has 0 bridgehead atoms. The van der Waals surface area contributed by atoms with E-state index in [1.54, 1.807) is 10.4 Å². The van der Waals surface area contributed by atoms with E-state index in [9.17, 15) is 13.5 Å². The average molecular weight is 410 g/mol. The first-order valence-electron chi connectivity index (χ1n) is 10.3. The number of ether oxygens (including phenoxy) is 1. The minimum Gasteiger partial charge on any atom is -0.390 e. The minimum absolute atomic E-state index is 0.419. The van der Waals surface area contributed by atoms with Gasteiger partial charge < -0.3 is 9.84 Å². The Kier molecular flexibility index (Phi) is 6.34. The highest BCUT2D eigenvalue weighted by Gasteiger charge is 2.30. The fourth-order valence-electron chi connectivity index (χ4n) is 4.45. The summed E-state index contributed by atoms with van der Waals surface area (Å²) in [5, 5.41) is 10.4. The molecule has 4 rings (SSSR count). The summed E-state index contributed by atoms with van der Waals surface area (Å²) in [6.07, 6.45) is 2.73. The molecule has 2 saturated heterocycles. The maximum atomic E-state index is 13.0. The van der Waals surface area contributed by atoms with Crippen LogP contribution in [0.15, 0.2) is 23.1 Å². The van der Waals surface area contributed by atoms with Crippen LogP contribution in [0.5, 0.6) is 0 Å². The number of aliphatic hydroxyl groups excluding tert-OH is 1. The number of fused-ring (bicyclic) bond motifs is 1. The van der Waals surface area contributed by atoms with E-state index in [2.05, 4.69) is 9.80 Å². The number of hydrogen-bond acceptors (Lipinski definition) is 6. The van der Waals surface area contributed by atoms with E-state index >= 15 is 0 Å². The average Bonchev–Trinajstić information content (AvgIpc) is 3.17. The van der Waals surface area contributed by atoms with Crippen LogP contribution in [-0.4, -0.2) is 99.3 Å². The van der Waals surface area contributed by atoms with Gasteiger partial charge >= 0.3 is 0 Å². The van der Waals surface area contributed by atoms with Gasteiger partial charge in [0.1, 0.15) is 0 Å². The van der Waals surface area contributed by atoms with Crippen molar-refractivity contribution in [3.05, 3.63) is 29.3 Å². The van der Waals surface area contributed by atoms with Crippen molar-refractivity contribution in [3.8, 4) is 0 Å². The summed E-state index contributed by atoms with van der Waals surface area (Å²) in [5.74, 6) is 0. The molecular weight excluding hydrogens is 378 g/mol. The Balaban J connectivity index is 1.29. The number of aryl methyl sites for hydroxylation is 2. The maximum Gasteiger partial charge on any atom is 0.243 e. The zero-order chi connectivity index (χ0) is 19.6. The Morgan fingerprint density at radius 2 is 1.57 bits per heavy atom. The van der Waals surface area contributed by atoms with Crippen molar-refractivity contribution in [3.63, 3.8) is 0 Å². The second kappa shape index (κ2) is 8.77. The van der Waals surface area contributed by atoms with Crippen LogP contribution >= 0.6 is 0 Å². The van der Waals surface area contributed by atoms with Gasteiger partial charge in [-0.15, -0.1) is 0 Å². The molecule has 8 heteroatoms. The van der Waals surface area contributed by atoms with Gasteiger partial charge in [-0.3, -0.25) is 9.80 Å². The number of nitrogens with zero attached hydrogens (tertiary/aromatic N) is 3. The lowest BCUT2D eigenvalue weighted by molar-refractivity contribution is 0.00469. The molecule has 3 aliphatic rings. The number of β-amino-alcohol motifs (C(OH)–C–C–N with tert-alkyl or cyclic N) is 1. The Hall–Kier alpha value is -1.03.